The van der Waals surface area contributed by atoms with Crippen molar-refractivity contribution in [3.63, 3.8) is 0 Å². The van der Waals surface area contributed by atoms with Gasteiger partial charge in [0, 0.05) is 18.7 Å². The summed E-state index contributed by atoms with van der Waals surface area (Å²) < 4.78 is 5.37. The molecule has 1 heterocycles. The normalized spacial score (nSPS) is 15.2. The first kappa shape index (κ1) is 16.9. The minimum atomic E-state index is -0.793. The second-order valence-electron chi connectivity index (χ2n) is 6.25. The van der Waals surface area contributed by atoms with Gasteiger partial charge in [-0.2, -0.15) is 0 Å². The van der Waals surface area contributed by atoms with Gasteiger partial charge in [-0.3, -0.25) is 19.7 Å². The molecule has 2 N–H and O–H groups in total. The molecule has 1 saturated carbocycles. The van der Waals surface area contributed by atoms with E-state index in [0.717, 1.165) is 37.8 Å². The lowest BCUT2D eigenvalue weighted by atomic mass is 9.89. The van der Waals surface area contributed by atoms with Crippen LogP contribution in [0.2, 0.25) is 0 Å². The summed E-state index contributed by atoms with van der Waals surface area (Å²) in [5, 5.41) is 23.2. The van der Waals surface area contributed by atoms with Crippen LogP contribution in [0.25, 0.3) is 11.0 Å². The van der Waals surface area contributed by atoms with Crippen LogP contribution in [0.5, 0.6) is 5.75 Å². The molecule has 8 nitrogen and oxygen atoms in total. The summed E-state index contributed by atoms with van der Waals surface area (Å²) in [6, 6.07) is 3.18. The summed E-state index contributed by atoms with van der Waals surface area (Å²) in [6.07, 6.45) is 5.67. The molecule has 0 aliphatic heterocycles. The van der Waals surface area contributed by atoms with Crippen molar-refractivity contribution in [1.29, 1.82) is 0 Å². The summed E-state index contributed by atoms with van der Waals surface area (Å²) in [5.74, 6) is -1.02. The predicted molar refractivity (Wildman–Crippen MR) is 89.7 cm³/mol. The van der Waals surface area contributed by atoms with Crippen LogP contribution < -0.4 is 10.7 Å². The highest BCUT2D eigenvalue weighted by atomic mass is 16.6. The lowest BCUT2D eigenvalue weighted by Crippen LogP contribution is -2.30. The second kappa shape index (κ2) is 6.92. The summed E-state index contributed by atoms with van der Waals surface area (Å²) in [4.78, 5) is 34.5. The summed E-state index contributed by atoms with van der Waals surface area (Å²) in [7, 11) is 0. The number of amides is 1. The number of hydrogen-bond acceptors (Lipinski definition) is 6. The van der Waals surface area contributed by atoms with E-state index in [1.54, 1.807) is 0 Å². The number of nitro groups is 1. The van der Waals surface area contributed by atoms with E-state index in [4.69, 9.17) is 4.42 Å². The van der Waals surface area contributed by atoms with Crippen LogP contribution in [0.15, 0.2) is 27.4 Å². The summed E-state index contributed by atoms with van der Waals surface area (Å²) in [5.41, 5.74) is -1.36. The third-order valence-corrected chi connectivity index (χ3v) is 4.54. The van der Waals surface area contributed by atoms with Gasteiger partial charge in [0.15, 0.2) is 11.2 Å². The monoisotopic (exact) mass is 346 g/mol. The number of hydrogen-bond donors (Lipinski definition) is 2. The Hall–Kier alpha value is -2.90. The van der Waals surface area contributed by atoms with Crippen LogP contribution in [0, 0.1) is 16.0 Å². The minimum Gasteiger partial charge on any atom is -0.501 e. The van der Waals surface area contributed by atoms with Gasteiger partial charge < -0.3 is 14.8 Å². The molecule has 0 spiro atoms. The Morgan fingerprint density at radius 3 is 2.72 bits per heavy atom. The van der Waals surface area contributed by atoms with Gasteiger partial charge in [-0.1, -0.05) is 19.3 Å². The number of phenols is 1. The maximum Gasteiger partial charge on any atom is 0.311 e. The molecule has 8 heteroatoms. The first-order valence-electron chi connectivity index (χ1n) is 8.20. The minimum absolute atomic E-state index is 0.0709. The number of carbonyl (C=O) groups is 1. The van der Waals surface area contributed by atoms with Crippen LogP contribution in [-0.4, -0.2) is 22.5 Å². The molecule has 0 bridgehead atoms. The molecule has 1 amide bonds. The van der Waals surface area contributed by atoms with E-state index < -0.39 is 27.7 Å². The molecule has 0 saturated heterocycles. The van der Waals surface area contributed by atoms with Gasteiger partial charge in [0.1, 0.15) is 11.0 Å². The van der Waals surface area contributed by atoms with Crippen molar-refractivity contribution in [3.05, 3.63) is 44.3 Å². The lowest BCUT2D eigenvalue weighted by Gasteiger charge is -2.21. The molecule has 1 aromatic carbocycles. The van der Waals surface area contributed by atoms with Crippen LogP contribution in [0.4, 0.5) is 5.69 Å². The zero-order chi connectivity index (χ0) is 18.0. The molecular formula is C17H18N2O6. The zero-order valence-electron chi connectivity index (χ0n) is 13.5. The number of aromatic hydroxyl groups is 1. The average molecular weight is 346 g/mol. The Labute approximate surface area is 142 Å². The van der Waals surface area contributed by atoms with Gasteiger partial charge in [0.05, 0.1) is 4.92 Å². The molecule has 3 rings (SSSR count). The first-order chi connectivity index (χ1) is 12.0. The summed E-state index contributed by atoms with van der Waals surface area (Å²) in [6.45, 7) is 0.520. The Kier molecular flexibility index (Phi) is 4.69. The first-order valence-corrected chi connectivity index (χ1v) is 8.20. The van der Waals surface area contributed by atoms with Crippen molar-refractivity contribution >= 4 is 22.6 Å². The van der Waals surface area contributed by atoms with Crippen molar-refractivity contribution in [1.82, 2.24) is 5.32 Å². The van der Waals surface area contributed by atoms with E-state index in [1.807, 2.05) is 0 Å². The molecule has 0 atom stereocenters. The standard InChI is InChI=1S/C17H18N2O6/c20-12-8-14(17(22)18-9-10-4-2-1-3-5-10)25-13-7-6-11(19(23)24)16(21)15(12)13/h6-8,10,21H,1-5,9H2,(H,18,22). The SMILES string of the molecule is O=C(NCC1CCCCC1)c1cc(=O)c2c(O)c([N+](=O)[O-])ccc2o1. The van der Waals surface area contributed by atoms with Crippen molar-refractivity contribution in [2.24, 2.45) is 5.92 Å². The Bertz CT molecular complexity index is 883. The van der Waals surface area contributed by atoms with Crippen molar-refractivity contribution in [3.8, 4) is 5.75 Å². The molecule has 1 aromatic heterocycles. The number of benzene rings is 1. The molecule has 1 aliphatic carbocycles. The molecule has 132 valence electrons. The van der Waals surface area contributed by atoms with Crippen LogP contribution in [-0.2, 0) is 0 Å². The maximum absolute atomic E-state index is 12.2. The van der Waals surface area contributed by atoms with Crippen molar-refractivity contribution in [2.45, 2.75) is 32.1 Å². The Morgan fingerprint density at radius 1 is 1.32 bits per heavy atom. The Balaban J connectivity index is 1.85. The molecule has 0 unspecified atom stereocenters. The lowest BCUT2D eigenvalue weighted by molar-refractivity contribution is -0.385. The van der Waals surface area contributed by atoms with E-state index in [-0.39, 0.29) is 16.7 Å². The summed E-state index contributed by atoms with van der Waals surface area (Å²) >= 11 is 0. The van der Waals surface area contributed by atoms with Crippen molar-refractivity contribution in [2.75, 3.05) is 6.54 Å². The van der Waals surface area contributed by atoms with E-state index in [0.29, 0.717) is 12.5 Å². The molecule has 25 heavy (non-hydrogen) atoms. The van der Waals surface area contributed by atoms with Gasteiger partial charge in [-0.05, 0) is 24.8 Å². The number of nitro benzene ring substituents is 1. The number of nitrogens with zero attached hydrogens (tertiary/aromatic N) is 1. The van der Waals surface area contributed by atoms with E-state index in [2.05, 4.69) is 5.32 Å². The van der Waals surface area contributed by atoms with E-state index in [9.17, 15) is 24.8 Å². The highest BCUT2D eigenvalue weighted by molar-refractivity contribution is 5.94. The fourth-order valence-electron chi connectivity index (χ4n) is 3.20. The fourth-order valence-corrected chi connectivity index (χ4v) is 3.20. The fraction of sp³-hybridized carbons (Fsp3) is 0.412. The highest BCUT2D eigenvalue weighted by Gasteiger charge is 2.22. The molecule has 0 radical (unpaired) electrons. The number of rotatable bonds is 4. The third kappa shape index (κ3) is 3.47. The van der Waals surface area contributed by atoms with Crippen LogP contribution in [0.3, 0.4) is 0 Å². The largest absolute Gasteiger partial charge is 0.501 e. The number of phenolic OH excluding ortho intramolecular Hbond substituents is 1. The topological polar surface area (TPSA) is 123 Å². The van der Waals surface area contributed by atoms with Gasteiger partial charge >= 0.3 is 5.69 Å². The number of fused-ring (bicyclic) bond motifs is 1. The smallest absolute Gasteiger partial charge is 0.311 e. The average Bonchev–Trinajstić information content (AvgIpc) is 2.60. The van der Waals surface area contributed by atoms with Gasteiger partial charge in [0.2, 0.25) is 5.75 Å². The highest BCUT2D eigenvalue weighted by Crippen LogP contribution is 2.32. The Morgan fingerprint density at radius 2 is 2.04 bits per heavy atom. The van der Waals surface area contributed by atoms with Crippen molar-refractivity contribution < 1.29 is 19.2 Å². The third-order valence-electron chi connectivity index (χ3n) is 4.54. The number of carbonyl (C=O) groups excluding carboxylic acids is 1. The molecule has 2 aromatic rings. The second-order valence-corrected chi connectivity index (χ2v) is 6.25. The molecule has 1 aliphatic rings. The molecule has 1 fully saturated rings. The van der Waals surface area contributed by atoms with Gasteiger partial charge in [-0.25, -0.2) is 0 Å². The van der Waals surface area contributed by atoms with Crippen LogP contribution in [0.1, 0.15) is 42.7 Å². The van der Waals surface area contributed by atoms with Gasteiger partial charge in [-0.15, -0.1) is 0 Å². The van der Waals surface area contributed by atoms with Crippen LogP contribution >= 0.6 is 0 Å². The van der Waals surface area contributed by atoms with E-state index in [1.165, 1.54) is 12.5 Å². The molecular weight excluding hydrogens is 328 g/mol. The zero-order valence-corrected chi connectivity index (χ0v) is 13.5. The van der Waals surface area contributed by atoms with Gasteiger partial charge in [0.25, 0.3) is 5.91 Å². The van der Waals surface area contributed by atoms with E-state index >= 15 is 0 Å². The maximum atomic E-state index is 12.2. The quantitative estimate of drug-likeness (QED) is 0.648. The number of nitrogens with one attached hydrogen (secondary N) is 1. The predicted octanol–water partition coefficient (Wildman–Crippen LogP) is 2.72.